The average Bonchev–Trinajstić information content (AvgIpc) is 2.49. The smallest absolute Gasteiger partial charge is 0.331 e. The molecule has 0 unspecified atom stereocenters. The fourth-order valence-electron chi connectivity index (χ4n) is 1.73. The normalized spacial score (nSPS) is 11.5. The molecule has 8 heteroatoms. The van der Waals surface area contributed by atoms with Crippen LogP contribution in [0.15, 0.2) is 58.1 Å². The van der Waals surface area contributed by atoms with Crippen LogP contribution in [0.3, 0.4) is 0 Å². The fourth-order valence-corrected chi connectivity index (χ4v) is 2.28. The summed E-state index contributed by atoms with van der Waals surface area (Å²) >= 11 is 8.31. The van der Waals surface area contributed by atoms with Gasteiger partial charge in [-0.2, -0.15) is 18.3 Å². The van der Waals surface area contributed by atoms with E-state index in [2.05, 4.69) is 31.8 Å². The zero-order chi connectivity index (χ0) is 16.9. The van der Waals surface area contributed by atoms with Gasteiger partial charge >= 0.3 is 6.18 Å². The van der Waals surface area contributed by atoms with Crippen molar-refractivity contribution >= 4 is 45.2 Å². The van der Waals surface area contributed by atoms with E-state index in [1.54, 1.807) is 0 Å². The predicted molar refractivity (Wildman–Crippen MR) is 92.5 cm³/mol. The third-order valence-electron chi connectivity index (χ3n) is 2.76. The fraction of sp³-hybridized carbons (Fsp3) is 0.0667. The van der Waals surface area contributed by atoms with Crippen molar-refractivity contribution in [3.8, 4) is 0 Å². The van der Waals surface area contributed by atoms with Crippen molar-refractivity contribution in [3.63, 3.8) is 0 Å². The Labute approximate surface area is 144 Å². The lowest BCUT2D eigenvalue weighted by Crippen LogP contribution is -2.25. The maximum Gasteiger partial charge on any atom is 0.418 e. The summed E-state index contributed by atoms with van der Waals surface area (Å²) < 4.78 is 39.5. The van der Waals surface area contributed by atoms with Crippen molar-refractivity contribution in [1.29, 1.82) is 0 Å². The van der Waals surface area contributed by atoms with E-state index in [1.165, 1.54) is 24.4 Å². The summed E-state index contributed by atoms with van der Waals surface area (Å²) in [4.78, 5) is 0. The van der Waals surface area contributed by atoms with Crippen LogP contribution in [0.1, 0.15) is 11.1 Å². The molecule has 0 atom stereocenters. The third-order valence-corrected chi connectivity index (χ3v) is 3.67. The number of hydrogen-bond donors (Lipinski definition) is 2. The second-order valence-electron chi connectivity index (χ2n) is 4.39. The standard InChI is InChI=1S/C15H11BrF3N3S/c16-12-7-3-1-5-10(12)9-20-22-14(23)21-13-8-4-2-6-11(13)15(17,18)19/h1-9H,(H2,21,22,23). The molecule has 0 saturated heterocycles. The number of hydrazone groups is 1. The van der Waals surface area contributed by atoms with Gasteiger partial charge in [0.15, 0.2) is 5.11 Å². The minimum absolute atomic E-state index is 0.0370. The first-order chi connectivity index (χ1) is 10.9. The highest BCUT2D eigenvalue weighted by atomic mass is 79.9. The van der Waals surface area contributed by atoms with Crippen molar-refractivity contribution < 1.29 is 13.2 Å². The quantitative estimate of drug-likeness (QED) is 0.441. The molecule has 0 aliphatic rings. The molecule has 23 heavy (non-hydrogen) atoms. The summed E-state index contributed by atoms with van der Waals surface area (Å²) in [6, 6.07) is 12.4. The van der Waals surface area contributed by atoms with Gasteiger partial charge in [0.05, 0.1) is 17.5 Å². The van der Waals surface area contributed by atoms with Crippen LogP contribution in [0.5, 0.6) is 0 Å². The van der Waals surface area contributed by atoms with Crippen molar-refractivity contribution in [2.75, 3.05) is 5.32 Å². The van der Waals surface area contributed by atoms with Gasteiger partial charge < -0.3 is 5.32 Å². The molecule has 0 aliphatic carbocycles. The minimum Gasteiger partial charge on any atom is -0.331 e. The molecule has 0 aromatic heterocycles. The number of anilines is 1. The summed E-state index contributed by atoms with van der Waals surface area (Å²) in [6.07, 6.45) is -2.95. The van der Waals surface area contributed by atoms with Crippen molar-refractivity contribution in [2.24, 2.45) is 5.10 Å². The van der Waals surface area contributed by atoms with Gasteiger partial charge in [-0.05, 0) is 30.4 Å². The lowest BCUT2D eigenvalue weighted by molar-refractivity contribution is -0.136. The zero-order valence-electron chi connectivity index (χ0n) is 11.6. The summed E-state index contributed by atoms with van der Waals surface area (Å²) in [6.45, 7) is 0. The molecular formula is C15H11BrF3N3S. The molecule has 2 N–H and O–H groups in total. The highest BCUT2D eigenvalue weighted by Crippen LogP contribution is 2.34. The van der Waals surface area contributed by atoms with Gasteiger partial charge in [-0.3, -0.25) is 5.43 Å². The van der Waals surface area contributed by atoms with Crippen LogP contribution in [0.4, 0.5) is 18.9 Å². The number of para-hydroxylation sites is 1. The monoisotopic (exact) mass is 401 g/mol. The van der Waals surface area contributed by atoms with Crippen LogP contribution in [-0.4, -0.2) is 11.3 Å². The second-order valence-corrected chi connectivity index (χ2v) is 5.65. The first-order valence-corrected chi connectivity index (χ1v) is 7.59. The molecule has 0 spiro atoms. The lowest BCUT2D eigenvalue weighted by atomic mass is 10.2. The Morgan fingerprint density at radius 1 is 1.09 bits per heavy atom. The Morgan fingerprint density at radius 2 is 1.74 bits per heavy atom. The maximum absolute atomic E-state index is 12.9. The summed E-state index contributed by atoms with van der Waals surface area (Å²) in [5.74, 6) is 0. The molecule has 0 bridgehead atoms. The molecule has 0 saturated carbocycles. The average molecular weight is 402 g/mol. The third kappa shape index (κ3) is 5.04. The first kappa shape index (κ1) is 17.4. The number of rotatable bonds is 3. The minimum atomic E-state index is -4.46. The van der Waals surface area contributed by atoms with Gasteiger partial charge in [-0.1, -0.05) is 46.3 Å². The van der Waals surface area contributed by atoms with Crippen LogP contribution in [0.25, 0.3) is 0 Å². The summed E-state index contributed by atoms with van der Waals surface area (Å²) in [5.41, 5.74) is 2.37. The topological polar surface area (TPSA) is 36.4 Å². The van der Waals surface area contributed by atoms with E-state index in [1.807, 2.05) is 24.3 Å². The number of nitrogens with zero attached hydrogens (tertiary/aromatic N) is 1. The van der Waals surface area contributed by atoms with Gasteiger partial charge in [0.25, 0.3) is 0 Å². The molecule has 2 rings (SSSR count). The van der Waals surface area contributed by atoms with Crippen LogP contribution in [0, 0.1) is 0 Å². The van der Waals surface area contributed by atoms with Gasteiger partial charge in [0, 0.05) is 10.0 Å². The van der Waals surface area contributed by atoms with Crippen LogP contribution in [-0.2, 0) is 6.18 Å². The number of nitrogens with one attached hydrogen (secondary N) is 2. The van der Waals surface area contributed by atoms with Crippen LogP contribution >= 0.6 is 28.1 Å². The van der Waals surface area contributed by atoms with Gasteiger partial charge in [0.2, 0.25) is 0 Å². The van der Waals surface area contributed by atoms with E-state index in [-0.39, 0.29) is 10.8 Å². The second kappa shape index (κ2) is 7.56. The van der Waals surface area contributed by atoms with E-state index < -0.39 is 11.7 Å². The van der Waals surface area contributed by atoms with Crippen LogP contribution < -0.4 is 10.7 Å². The molecule has 120 valence electrons. The van der Waals surface area contributed by atoms with Gasteiger partial charge in [0.1, 0.15) is 0 Å². The van der Waals surface area contributed by atoms with E-state index in [0.29, 0.717) is 0 Å². The van der Waals surface area contributed by atoms with E-state index >= 15 is 0 Å². The number of hydrogen-bond acceptors (Lipinski definition) is 2. The number of alkyl halides is 3. The Morgan fingerprint density at radius 3 is 2.43 bits per heavy atom. The molecule has 0 amide bonds. The molecule has 0 radical (unpaired) electrons. The van der Waals surface area contributed by atoms with Crippen molar-refractivity contribution in [1.82, 2.24) is 5.43 Å². The number of benzene rings is 2. The van der Waals surface area contributed by atoms with Crippen molar-refractivity contribution in [3.05, 3.63) is 64.1 Å². The van der Waals surface area contributed by atoms with Crippen molar-refractivity contribution in [2.45, 2.75) is 6.18 Å². The molecule has 2 aromatic rings. The van der Waals surface area contributed by atoms with E-state index in [4.69, 9.17) is 12.2 Å². The largest absolute Gasteiger partial charge is 0.418 e. The molecule has 0 aliphatic heterocycles. The van der Waals surface area contributed by atoms with E-state index in [0.717, 1.165) is 16.1 Å². The predicted octanol–water partition coefficient (Wildman–Crippen LogP) is 4.79. The molecule has 2 aromatic carbocycles. The van der Waals surface area contributed by atoms with E-state index in [9.17, 15) is 13.2 Å². The Hall–Kier alpha value is -1.93. The summed E-state index contributed by atoms with van der Waals surface area (Å²) in [5, 5.41) is 6.36. The zero-order valence-corrected chi connectivity index (χ0v) is 14.0. The number of thiocarbonyl (C=S) groups is 1. The molecular weight excluding hydrogens is 391 g/mol. The van der Waals surface area contributed by atoms with Gasteiger partial charge in [-0.25, -0.2) is 0 Å². The molecule has 0 fully saturated rings. The SMILES string of the molecule is FC(F)(F)c1ccccc1NC(=S)NN=Cc1ccccc1Br. The van der Waals surface area contributed by atoms with Crippen LogP contribution in [0.2, 0.25) is 0 Å². The molecule has 3 nitrogen and oxygen atoms in total. The van der Waals surface area contributed by atoms with Gasteiger partial charge in [-0.15, -0.1) is 0 Å². The highest BCUT2D eigenvalue weighted by Gasteiger charge is 2.33. The molecule has 0 heterocycles. The summed E-state index contributed by atoms with van der Waals surface area (Å²) in [7, 11) is 0. The number of halogens is 4. The highest BCUT2D eigenvalue weighted by molar-refractivity contribution is 9.10. The Bertz CT molecular complexity index is 732. The Kier molecular flexibility index (Phi) is 5.73. The maximum atomic E-state index is 12.9. The Balaban J connectivity index is 2.03. The lowest BCUT2D eigenvalue weighted by Gasteiger charge is -2.14. The first-order valence-electron chi connectivity index (χ1n) is 6.39.